The maximum absolute atomic E-state index is 13.0. The predicted octanol–water partition coefficient (Wildman–Crippen LogP) is 4.31. The Kier molecular flexibility index (Phi) is 7.58. The van der Waals surface area contributed by atoms with E-state index in [4.69, 9.17) is 16.3 Å². The van der Waals surface area contributed by atoms with Crippen molar-refractivity contribution in [3.63, 3.8) is 0 Å². The molecule has 0 heterocycles. The molecule has 1 aromatic rings. The first kappa shape index (κ1) is 20.8. The van der Waals surface area contributed by atoms with Crippen molar-refractivity contribution in [2.24, 2.45) is 10.9 Å². The van der Waals surface area contributed by atoms with Gasteiger partial charge in [0.15, 0.2) is 5.96 Å². The molecule has 8 heteroatoms. The molecule has 26 heavy (non-hydrogen) atoms. The first-order chi connectivity index (χ1) is 12.3. The van der Waals surface area contributed by atoms with E-state index >= 15 is 0 Å². The fourth-order valence-electron chi connectivity index (χ4n) is 3.24. The molecular weight excluding hydrogens is 367 g/mol. The molecular formula is C18H25ClF3N3O. The Bertz CT molecular complexity index is 610. The highest BCUT2D eigenvalue weighted by molar-refractivity contribution is 6.30. The first-order valence-corrected chi connectivity index (χ1v) is 9.03. The van der Waals surface area contributed by atoms with E-state index in [2.05, 4.69) is 15.6 Å². The summed E-state index contributed by atoms with van der Waals surface area (Å²) in [6.45, 7) is 0.423. The second kappa shape index (κ2) is 9.46. The van der Waals surface area contributed by atoms with E-state index in [-0.39, 0.29) is 25.0 Å². The van der Waals surface area contributed by atoms with Gasteiger partial charge in [-0.25, -0.2) is 0 Å². The number of aliphatic imine (C=N–C) groups is 1. The lowest BCUT2D eigenvalue weighted by molar-refractivity contribution is -0.183. The molecule has 146 valence electrons. The van der Waals surface area contributed by atoms with Crippen LogP contribution >= 0.6 is 11.6 Å². The summed E-state index contributed by atoms with van der Waals surface area (Å²) in [6.07, 6.45) is -2.84. The van der Waals surface area contributed by atoms with Crippen LogP contribution in [0.5, 0.6) is 0 Å². The Morgan fingerprint density at radius 3 is 2.77 bits per heavy atom. The summed E-state index contributed by atoms with van der Waals surface area (Å²) in [7, 11) is 3.19. The van der Waals surface area contributed by atoms with Crippen LogP contribution in [0.3, 0.4) is 0 Å². The average Bonchev–Trinajstić information content (AvgIpc) is 2.61. The molecule has 1 saturated carbocycles. The van der Waals surface area contributed by atoms with Gasteiger partial charge in [0, 0.05) is 31.8 Å². The van der Waals surface area contributed by atoms with Gasteiger partial charge >= 0.3 is 6.18 Å². The maximum atomic E-state index is 13.0. The van der Waals surface area contributed by atoms with Crippen LogP contribution in [0.2, 0.25) is 5.02 Å². The molecule has 0 spiro atoms. The second-order valence-electron chi connectivity index (χ2n) is 6.48. The number of ether oxygens (including phenoxy) is 1. The van der Waals surface area contributed by atoms with Crippen molar-refractivity contribution in [2.75, 3.05) is 20.7 Å². The number of alkyl halides is 3. The Morgan fingerprint density at radius 2 is 2.15 bits per heavy atom. The molecule has 0 aliphatic heterocycles. The van der Waals surface area contributed by atoms with E-state index in [1.165, 1.54) is 0 Å². The second-order valence-corrected chi connectivity index (χ2v) is 6.92. The van der Waals surface area contributed by atoms with Crippen molar-refractivity contribution in [2.45, 2.75) is 44.0 Å². The zero-order valence-electron chi connectivity index (χ0n) is 14.9. The lowest BCUT2D eigenvalue weighted by Crippen LogP contribution is -2.47. The van der Waals surface area contributed by atoms with Crippen LogP contribution < -0.4 is 10.6 Å². The summed E-state index contributed by atoms with van der Waals surface area (Å²) in [5.74, 6) is -0.771. The smallest absolute Gasteiger partial charge is 0.375 e. The molecule has 0 radical (unpaired) electrons. The average molecular weight is 392 g/mol. The highest BCUT2D eigenvalue weighted by Gasteiger charge is 2.42. The lowest BCUT2D eigenvalue weighted by atomic mass is 9.85. The molecule has 0 amide bonds. The van der Waals surface area contributed by atoms with Crippen molar-refractivity contribution < 1.29 is 17.9 Å². The molecule has 1 aliphatic rings. The molecule has 1 aliphatic carbocycles. The largest absolute Gasteiger partial charge is 0.391 e. The quantitative estimate of drug-likeness (QED) is 0.580. The minimum atomic E-state index is -4.13. The fourth-order valence-corrected chi connectivity index (χ4v) is 3.44. The Morgan fingerprint density at radius 1 is 1.38 bits per heavy atom. The van der Waals surface area contributed by atoms with Crippen molar-refractivity contribution in [1.29, 1.82) is 0 Å². The number of nitrogens with zero attached hydrogens (tertiary/aromatic N) is 1. The van der Waals surface area contributed by atoms with Crippen molar-refractivity contribution in [1.82, 2.24) is 10.6 Å². The molecule has 0 aromatic heterocycles. The normalized spacial score (nSPS) is 22.8. The number of hydrogen-bond acceptors (Lipinski definition) is 2. The van der Waals surface area contributed by atoms with Gasteiger partial charge in [0.1, 0.15) is 0 Å². The standard InChI is InChI=1S/C18H25ClF3N3O/c1-23-17(25-15-8-4-6-13(10-15)18(20,21)22)24-11-16(26-2)12-5-3-7-14(19)9-12/h3,5,7,9,13,15-16H,4,6,8,10-11H2,1-2H3,(H2,23,24,25). The third-order valence-electron chi connectivity index (χ3n) is 4.66. The van der Waals surface area contributed by atoms with Crippen LogP contribution in [0.4, 0.5) is 13.2 Å². The lowest BCUT2D eigenvalue weighted by Gasteiger charge is -2.32. The summed E-state index contributed by atoms with van der Waals surface area (Å²) >= 11 is 6.01. The monoisotopic (exact) mass is 391 g/mol. The van der Waals surface area contributed by atoms with Gasteiger partial charge in [-0.15, -0.1) is 0 Å². The van der Waals surface area contributed by atoms with Gasteiger partial charge in [-0.1, -0.05) is 30.2 Å². The van der Waals surface area contributed by atoms with Gasteiger partial charge in [-0.3, -0.25) is 4.99 Å². The Hall–Kier alpha value is -1.47. The number of nitrogens with one attached hydrogen (secondary N) is 2. The zero-order chi connectivity index (χ0) is 19.2. The van der Waals surface area contributed by atoms with Gasteiger partial charge in [0.2, 0.25) is 0 Å². The SMILES string of the molecule is CN=C(NCC(OC)c1cccc(Cl)c1)NC1CCCC(C(F)(F)F)C1. The highest BCUT2D eigenvalue weighted by Crippen LogP contribution is 2.37. The van der Waals surface area contributed by atoms with Crippen LogP contribution in [0.25, 0.3) is 0 Å². The van der Waals surface area contributed by atoms with E-state index in [1.807, 2.05) is 18.2 Å². The van der Waals surface area contributed by atoms with E-state index in [0.717, 1.165) is 5.56 Å². The van der Waals surface area contributed by atoms with Crippen LogP contribution in [-0.2, 0) is 4.74 Å². The Labute approximate surface area is 157 Å². The molecule has 0 saturated heterocycles. The van der Waals surface area contributed by atoms with E-state index in [9.17, 15) is 13.2 Å². The zero-order valence-corrected chi connectivity index (χ0v) is 15.7. The Balaban J connectivity index is 1.90. The topological polar surface area (TPSA) is 45.7 Å². The molecule has 3 unspecified atom stereocenters. The fraction of sp³-hybridized carbons (Fsp3) is 0.611. The minimum Gasteiger partial charge on any atom is -0.375 e. The first-order valence-electron chi connectivity index (χ1n) is 8.65. The van der Waals surface area contributed by atoms with Gasteiger partial charge in [0.25, 0.3) is 0 Å². The highest BCUT2D eigenvalue weighted by atomic mass is 35.5. The van der Waals surface area contributed by atoms with Gasteiger partial charge in [0.05, 0.1) is 12.0 Å². The van der Waals surface area contributed by atoms with E-state index in [1.54, 1.807) is 20.2 Å². The van der Waals surface area contributed by atoms with Crippen LogP contribution in [-0.4, -0.2) is 38.9 Å². The number of methoxy groups -OCH3 is 1. The number of guanidine groups is 1. The summed E-state index contributed by atoms with van der Waals surface area (Å²) in [5.41, 5.74) is 0.915. The van der Waals surface area contributed by atoms with Crippen molar-refractivity contribution in [3.05, 3.63) is 34.9 Å². The minimum absolute atomic E-state index is 0.0756. The van der Waals surface area contributed by atoms with Crippen molar-refractivity contribution >= 4 is 17.6 Å². The van der Waals surface area contributed by atoms with Crippen LogP contribution in [0.15, 0.2) is 29.3 Å². The summed E-state index contributed by atoms with van der Waals surface area (Å²) < 4.78 is 44.3. The van der Waals surface area contributed by atoms with Gasteiger partial charge < -0.3 is 15.4 Å². The predicted molar refractivity (Wildman–Crippen MR) is 97.5 cm³/mol. The molecule has 1 aromatic carbocycles. The van der Waals surface area contributed by atoms with E-state index in [0.29, 0.717) is 30.4 Å². The van der Waals surface area contributed by atoms with Crippen molar-refractivity contribution in [3.8, 4) is 0 Å². The molecule has 1 fully saturated rings. The summed E-state index contributed by atoms with van der Waals surface area (Å²) in [5, 5.41) is 6.85. The van der Waals surface area contributed by atoms with Crippen LogP contribution in [0.1, 0.15) is 37.4 Å². The van der Waals surface area contributed by atoms with Crippen LogP contribution in [0, 0.1) is 5.92 Å². The molecule has 4 nitrogen and oxygen atoms in total. The van der Waals surface area contributed by atoms with Gasteiger partial charge in [-0.05, 0) is 37.0 Å². The number of rotatable bonds is 5. The molecule has 0 bridgehead atoms. The number of halogens is 4. The summed E-state index contributed by atoms with van der Waals surface area (Å²) in [6, 6.07) is 7.12. The third kappa shape index (κ3) is 6.06. The number of hydrogen-bond donors (Lipinski definition) is 2. The molecule has 2 N–H and O–H groups in total. The number of benzene rings is 1. The van der Waals surface area contributed by atoms with Gasteiger partial charge in [-0.2, -0.15) is 13.2 Å². The molecule has 2 rings (SSSR count). The maximum Gasteiger partial charge on any atom is 0.391 e. The summed E-state index contributed by atoms with van der Waals surface area (Å²) in [4.78, 5) is 4.12. The third-order valence-corrected chi connectivity index (χ3v) is 4.90. The van der Waals surface area contributed by atoms with E-state index < -0.39 is 12.1 Å². The molecule has 3 atom stereocenters.